The first-order valence-electron chi connectivity index (χ1n) is 5.74. The van der Waals surface area contributed by atoms with E-state index in [4.69, 9.17) is 10.5 Å². The van der Waals surface area contributed by atoms with Gasteiger partial charge in [0.05, 0.1) is 12.8 Å². The number of anilines is 1. The van der Waals surface area contributed by atoms with Gasteiger partial charge in [-0.15, -0.1) is 0 Å². The van der Waals surface area contributed by atoms with Crippen LogP contribution in [-0.4, -0.2) is 22.1 Å². The standard InChI is InChI=1S/C13H16N4O/c1-8(2)11-12(16-7-17-13(11)14)9-4-5-15-10(6-9)18-3/h4-8H,1-3H3,(H2,14,16,17). The van der Waals surface area contributed by atoms with E-state index >= 15 is 0 Å². The van der Waals surface area contributed by atoms with Crippen LogP contribution in [0.5, 0.6) is 5.88 Å². The first-order valence-corrected chi connectivity index (χ1v) is 5.74. The highest BCUT2D eigenvalue weighted by atomic mass is 16.5. The van der Waals surface area contributed by atoms with Crippen molar-refractivity contribution in [1.29, 1.82) is 0 Å². The summed E-state index contributed by atoms with van der Waals surface area (Å²) in [5, 5.41) is 0. The molecular weight excluding hydrogens is 228 g/mol. The van der Waals surface area contributed by atoms with Gasteiger partial charge in [-0.2, -0.15) is 0 Å². The van der Waals surface area contributed by atoms with Crippen LogP contribution in [-0.2, 0) is 0 Å². The van der Waals surface area contributed by atoms with Crippen molar-refractivity contribution in [3.05, 3.63) is 30.2 Å². The maximum atomic E-state index is 5.93. The second-order valence-electron chi connectivity index (χ2n) is 4.26. The largest absolute Gasteiger partial charge is 0.481 e. The molecule has 0 spiro atoms. The molecule has 0 radical (unpaired) electrons. The fraction of sp³-hybridized carbons (Fsp3) is 0.308. The predicted molar refractivity (Wildman–Crippen MR) is 70.3 cm³/mol. The molecule has 94 valence electrons. The molecule has 5 nitrogen and oxygen atoms in total. The molecule has 0 aliphatic rings. The Labute approximate surface area is 106 Å². The van der Waals surface area contributed by atoms with Gasteiger partial charge in [0.2, 0.25) is 5.88 Å². The van der Waals surface area contributed by atoms with E-state index in [-0.39, 0.29) is 5.92 Å². The Hall–Kier alpha value is -2.17. The molecule has 0 amide bonds. The summed E-state index contributed by atoms with van der Waals surface area (Å²) in [6, 6.07) is 3.73. The van der Waals surface area contributed by atoms with E-state index in [1.807, 2.05) is 12.1 Å². The van der Waals surface area contributed by atoms with Crippen LogP contribution in [0.3, 0.4) is 0 Å². The highest BCUT2D eigenvalue weighted by Gasteiger charge is 2.14. The lowest BCUT2D eigenvalue weighted by atomic mass is 9.98. The minimum atomic E-state index is 0.250. The average Bonchev–Trinajstić information content (AvgIpc) is 2.38. The molecule has 0 aromatic carbocycles. The fourth-order valence-electron chi connectivity index (χ4n) is 1.88. The predicted octanol–water partition coefficient (Wildman–Crippen LogP) is 2.25. The second kappa shape index (κ2) is 5.00. The van der Waals surface area contributed by atoms with Gasteiger partial charge in [-0.25, -0.2) is 15.0 Å². The van der Waals surface area contributed by atoms with E-state index in [2.05, 4.69) is 28.8 Å². The van der Waals surface area contributed by atoms with Gasteiger partial charge in [-0.1, -0.05) is 13.8 Å². The molecule has 0 fully saturated rings. The number of ether oxygens (including phenoxy) is 1. The van der Waals surface area contributed by atoms with Gasteiger partial charge in [-0.05, 0) is 12.0 Å². The Balaban J connectivity index is 2.59. The van der Waals surface area contributed by atoms with Gasteiger partial charge in [0.15, 0.2) is 0 Å². The lowest BCUT2D eigenvalue weighted by Gasteiger charge is -2.13. The third-order valence-corrected chi connectivity index (χ3v) is 2.71. The average molecular weight is 244 g/mol. The van der Waals surface area contributed by atoms with Crippen LogP contribution in [0.25, 0.3) is 11.3 Å². The Kier molecular flexibility index (Phi) is 3.41. The third-order valence-electron chi connectivity index (χ3n) is 2.71. The third kappa shape index (κ3) is 2.25. The zero-order chi connectivity index (χ0) is 13.1. The summed E-state index contributed by atoms with van der Waals surface area (Å²) in [4.78, 5) is 12.5. The number of nitrogens with zero attached hydrogens (tertiary/aromatic N) is 3. The first-order chi connectivity index (χ1) is 8.63. The molecule has 2 aromatic rings. The Morgan fingerprint density at radius 3 is 2.67 bits per heavy atom. The summed E-state index contributed by atoms with van der Waals surface area (Å²) in [6.45, 7) is 4.13. The molecule has 0 aliphatic heterocycles. The van der Waals surface area contributed by atoms with Crippen molar-refractivity contribution in [3.63, 3.8) is 0 Å². The van der Waals surface area contributed by atoms with Gasteiger partial charge in [0.25, 0.3) is 0 Å². The van der Waals surface area contributed by atoms with Gasteiger partial charge >= 0.3 is 0 Å². The highest BCUT2D eigenvalue weighted by Crippen LogP contribution is 2.31. The van der Waals surface area contributed by atoms with Gasteiger partial charge in [0, 0.05) is 23.4 Å². The fourth-order valence-corrected chi connectivity index (χ4v) is 1.88. The molecule has 0 atom stereocenters. The minimum Gasteiger partial charge on any atom is -0.481 e. The van der Waals surface area contributed by atoms with E-state index in [9.17, 15) is 0 Å². The van der Waals surface area contributed by atoms with Gasteiger partial charge in [0.1, 0.15) is 12.1 Å². The number of aromatic nitrogens is 3. The summed E-state index contributed by atoms with van der Waals surface area (Å²) in [5.41, 5.74) is 8.64. The van der Waals surface area contributed by atoms with Crippen LogP contribution in [0.4, 0.5) is 5.82 Å². The summed E-state index contributed by atoms with van der Waals surface area (Å²) in [7, 11) is 1.59. The molecule has 0 saturated carbocycles. The molecule has 0 unspecified atom stereocenters. The molecule has 0 aliphatic carbocycles. The summed E-state index contributed by atoms with van der Waals surface area (Å²) in [6.07, 6.45) is 3.17. The monoisotopic (exact) mass is 244 g/mol. The molecule has 2 aromatic heterocycles. The van der Waals surface area contributed by atoms with Crippen molar-refractivity contribution in [3.8, 4) is 17.1 Å². The van der Waals surface area contributed by atoms with Crippen molar-refractivity contribution in [2.75, 3.05) is 12.8 Å². The van der Waals surface area contributed by atoms with Crippen molar-refractivity contribution >= 4 is 5.82 Å². The van der Waals surface area contributed by atoms with Crippen LogP contribution in [0.2, 0.25) is 0 Å². The molecule has 2 N–H and O–H groups in total. The van der Waals surface area contributed by atoms with Crippen LogP contribution in [0.15, 0.2) is 24.7 Å². The molecule has 5 heteroatoms. The van der Waals surface area contributed by atoms with Crippen LogP contribution >= 0.6 is 0 Å². The zero-order valence-electron chi connectivity index (χ0n) is 10.7. The number of methoxy groups -OCH3 is 1. The van der Waals surface area contributed by atoms with E-state index < -0.39 is 0 Å². The minimum absolute atomic E-state index is 0.250. The highest BCUT2D eigenvalue weighted by molar-refractivity contribution is 5.68. The SMILES string of the molecule is COc1cc(-c2ncnc(N)c2C(C)C)ccn1. The number of pyridine rings is 1. The molecule has 18 heavy (non-hydrogen) atoms. The molecule has 2 heterocycles. The van der Waals surface area contributed by atoms with E-state index in [1.165, 1.54) is 6.33 Å². The Morgan fingerprint density at radius 2 is 2.00 bits per heavy atom. The lowest BCUT2D eigenvalue weighted by molar-refractivity contribution is 0.398. The van der Waals surface area contributed by atoms with Crippen LogP contribution in [0, 0.1) is 0 Å². The lowest BCUT2D eigenvalue weighted by Crippen LogP contribution is -2.04. The van der Waals surface area contributed by atoms with Crippen molar-refractivity contribution in [1.82, 2.24) is 15.0 Å². The van der Waals surface area contributed by atoms with Gasteiger partial charge in [-0.3, -0.25) is 0 Å². The van der Waals surface area contributed by atoms with E-state index in [1.54, 1.807) is 13.3 Å². The Bertz CT molecular complexity index is 554. The van der Waals surface area contributed by atoms with Crippen molar-refractivity contribution < 1.29 is 4.74 Å². The number of nitrogens with two attached hydrogens (primary N) is 1. The van der Waals surface area contributed by atoms with E-state index in [0.29, 0.717) is 11.7 Å². The van der Waals surface area contributed by atoms with Gasteiger partial charge < -0.3 is 10.5 Å². The quantitative estimate of drug-likeness (QED) is 0.896. The molecular formula is C13H16N4O. The number of rotatable bonds is 3. The topological polar surface area (TPSA) is 73.9 Å². The smallest absolute Gasteiger partial charge is 0.213 e. The van der Waals surface area contributed by atoms with E-state index in [0.717, 1.165) is 16.8 Å². The summed E-state index contributed by atoms with van der Waals surface area (Å²) >= 11 is 0. The number of hydrogen-bond donors (Lipinski definition) is 1. The number of nitrogen functional groups attached to an aromatic ring is 1. The van der Waals surface area contributed by atoms with Crippen LogP contribution < -0.4 is 10.5 Å². The van der Waals surface area contributed by atoms with Crippen molar-refractivity contribution in [2.24, 2.45) is 0 Å². The molecule has 0 bridgehead atoms. The zero-order valence-corrected chi connectivity index (χ0v) is 10.7. The second-order valence-corrected chi connectivity index (χ2v) is 4.26. The summed E-state index contributed by atoms with van der Waals surface area (Å²) < 4.78 is 5.12. The summed E-state index contributed by atoms with van der Waals surface area (Å²) in [5.74, 6) is 1.32. The van der Waals surface area contributed by atoms with Crippen LogP contribution in [0.1, 0.15) is 25.3 Å². The molecule has 0 saturated heterocycles. The van der Waals surface area contributed by atoms with Crippen molar-refractivity contribution in [2.45, 2.75) is 19.8 Å². The number of hydrogen-bond acceptors (Lipinski definition) is 5. The normalized spacial score (nSPS) is 10.7. The first kappa shape index (κ1) is 12.3. The Morgan fingerprint density at radius 1 is 1.22 bits per heavy atom. The molecule has 2 rings (SSSR count). The maximum Gasteiger partial charge on any atom is 0.213 e. The maximum absolute atomic E-state index is 5.93.